The molecule has 3 aromatic heterocycles. The largest absolute Gasteiger partial charge is 0.516 e. The molecule has 1 atom stereocenters. The van der Waals surface area contributed by atoms with Gasteiger partial charge in [0, 0.05) is 44.6 Å². The molecule has 4 N–H and O–H groups in total. The van der Waals surface area contributed by atoms with E-state index in [9.17, 15) is 9.59 Å². The first kappa shape index (κ1) is 24.0. The molecule has 186 valence electrons. The van der Waals surface area contributed by atoms with Gasteiger partial charge in [0.1, 0.15) is 0 Å². The van der Waals surface area contributed by atoms with Gasteiger partial charge in [0.25, 0.3) is 0 Å². The van der Waals surface area contributed by atoms with Crippen molar-refractivity contribution in [3.63, 3.8) is 0 Å². The van der Waals surface area contributed by atoms with Gasteiger partial charge in [0.05, 0.1) is 31.7 Å². The first-order chi connectivity index (χ1) is 16.9. The average Bonchev–Trinajstić information content (AvgIpc) is 3.50. The van der Waals surface area contributed by atoms with E-state index in [2.05, 4.69) is 29.2 Å². The van der Waals surface area contributed by atoms with E-state index in [0.717, 1.165) is 61.8 Å². The maximum absolute atomic E-state index is 9.21. The van der Waals surface area contributed by atoms with Gasteiger partial charge in [0.15, 0.2) is 22.8 Å². The third-order valence-electron chi connectivity index (χ3n) is 5.34. The van der Waals surface area contributed by atoms with Gasteiger partial charge in [-0.25, -0.2) is 34.5 Å². The quantitative estimate of drug-likeness (QED) is 0.348. The molecule has 2 aliphatic heterocycles. The van der Waals surface area contributed by atoms with Crippen molar-refractivity contribution in [2.24, 2.45) is 5.92 Å². The molecule has 0 aromatic carbocycles. The van der Waals surface area contributed by atoms with Crippen molar-refractivity contribution >= 4 is 35.2 Å². The summed E-state index contributed by atoms with van der Waals surface area (Å²) in [6.07, 6.45) is 2.58. The highest BCUT2D eigenvalue weighted by Gasteiger charge is 2.23. The fourth-order valence-corrected chi connectivity index (χ4v) is 3.72. The summed E-state index contributed by atoms with van der Waals surface area (Å²) in [4.78, 5) is 43.0. The van der Waals surface area contributed by atoms with Crippen molar-refractivity contribution in [1.82, 2.24) is 29.5 Å². The Kier molecular flexibility index (Phi) is 7.47. The van der Waals surface area contributed by atoms with Crippen molar-refractivity contribution in [3.05, 3.63) is 18.7 Å². The fraction of sp³-hybridized carbons (Fsp3) is 0.450. The van der Waals surface area contributed by atoms with E-state index < -0.39 is 12.3 Å². The van der Waals surface area contributed by atoms with Gasteiger partial charge in [-0.3, -0.25) is 0 Å². The molecule has 2 saturated heterocycles. The van der Waals surface area contributed by atoms with Crippen LogP contribution in [-0.4, -0.2) is 91.5 Å². The first-order valence-corrected chi connectivity index (χ1v) is 10.8. The number of fused-ring (bicyclic) bond motifs is 1. The lowest BCUT2D eigenvalue weighted by Crippen LogP contribution is -2.37. The van der Waals surface area contributed by atoms with Gasteiger partial charge in [-0.1, -0.05) is 0 Å². The summed E-state index contributed by atoms with van der Waals surface area (Å²) < 4.78 is 16.2. The van der Waals surface area contributed by atoms with Crippen molar-refractivity contribution in [3.8, 4) is 11.4 Å². The number of nitrogen functional groups attached to an aromatic ring is 1. The lowest BCUT2D eigenvalue weighted by atomic mass is 10.1. The number of morpholine rings is 1. The van der Waals surface area contributed by atoms with Gasteiger partial charge in [-0.15, -0.1) is 0 Å². The molecule has 0 radical (unpaired) electrons. The summed E-state index contributed by atoms with van der Waals surface area (Å²) in [5, 5.41) is 15.0. The zero-order valence-electron chi connectivity index (χ0n) is 18.6. The van der Waals surface area contributed by atoms with Crippen molar-refractivity contribution < 1.29 is 34.0 Å². The van der Waals surface area contributed by atoms with Crippen LogP contribution >= 0.6 is 0 Å². The molecule has 35 heavy (non-hydrogen) atoms. The van der Waals surface area contributed by atoms with Crippen molar-refractivity contribution in [2.75, 3.05) is 50.2 Å². The van der Waals surface area contributed by atoms with Crippen LogP contribution in [0.1, 0.15) is 6.42 Å². The van der Waals surface area contributed by atoms with Crippen LogP contribution in [0.3, 0.4) is 0 Å². The smallest absolute Gasteiger partial charge is 0.449 e. The Hall–Kier alpha value is -4.11. The summed E-state index contributed by atoms with van der Waals surface area (Å²) >= 11 is 0. The number of imidazole rings is 1. The Morgan fingerprint density at radius 3 is 2.37 bits per heavy atom. The number of anilines is 2. The third-order valence-corrected chi connectivity index (χ3v) is 5.34. The summed E-state index contributed by atoms with van der Waals surface area (Å²) in [5.41, 5.74) is 7.98. The number of ether oxygens (including phenoxy) is 3. The number of carbonyl (C=O) groups is 2. The number of rotatable bonds is 4. The molecular weight excluding hydrogens is 464 g/mol. The number of nitrogens with zero attached hydrogens (tertiary/aromatic N) is 7. The monoisotopic (exact) mass is 488 g/mol. The molecule has 5 heterocycles. The van der Waals surface area contributed by atoms with E-state index in [1.807, 2.05) is 6.33 Å². The molecule has 0 spiro atoms. The number of aromatic nitrogens is 6. The van der Waals surface area contributed by atoms with Gasteiger partial charge >= 0.3 is 12.3 Å². The van der Waals surface area contributed by atoms with Crippen LogP contribution in [0, 0.1) is 5.92 Å². The SMILES string of the molecule is Nc1ncc(-c2nc(N3CCOCC3)c3ncn(CC4CCOC4)c3n2)cn1.O=C(O)OC(=O)O. The van der Waals surface area contributed by atoms with Crippen LogP contribution in [0.5, 0.6) is 0 Å². The maximum atomic E-state index is 9.21. The Bertz CT molecular complexity index is 1160. The fourth-order valence-electron chi connectivity index (χ4n) is 3.72. The number of carboxylic acid groups (broad SMARTS) is 2. The molecular formula is C20H24N8O7. The summed E-state index contributed by atoms with van der Waals surface area (Å²) in [6, 6.07) is 0. The Balaban J connectivity index is 0.000000364. The van der Waals surface area contributed by atoms with E-state index in [-0.39, 0.29) is 5.95 Å². The average molecular weight is 488 g/mol. The van der Waals surface area contributed by atoms with Crippen LogP contribution in [0.4, 0.5) is 21.4 Å². The minimum Gasteiger partial charge on any atom is -0.449 e. The van der Waals surface area contributed by atoms with Crippen LogP contribution in [0.2, 0.25) is 0 Å². The molecule has 15 nitrogen and oxygen atoms in total. The summed E-state index contributed by atoms with van der Waals surface area (Å²) in [5.74, 6) is 2.09. The van der Waals surface area contributed by atoms with Crippen LogP contribution in [-0.2, 0) is 20.8 Å². The lowest BCUT2D eigenvalue weighted by Gasteiger charge is -2.28. The van der Waals surface area contributed by atoms with Crippen LogP contribution in [0.15, 0.2) is 18.7 Å². The molecule has 0 aliphatic carbocycles. The van der Waals surface area contributed by atoms with Gasteiger partial charge in [-0.05, 0) is 6.42 Å². The van der Waals surface area contributed by atoms with Crippen LogP contribution < -0.4 is 10.6 Å². The molecule has 2 aliphatic rings. The molecule has 0 amide bonds. The second-order valence-corrected chi connectivity index (χ2v) is 7.73. The minimum atomic E-state index is -1.81. The lowest BCUT2D eigenvalue weighted by molar-refractivity contribution is 0.0801. The van der Waals surface area contributed by atoms with E-state index in [4.69, 9.17) is 35.4 Å². The number of hydrogen-bond donors (Lipinski definition) is 3. The Morgan fingerprint density at radius 1 is 1.06 bits per heavy atom. The molecule has 2 fully saturated rings. The van der Waals surface area contributed by atoms with Gasteiger partial charge in [0.2, 0.25) is 5.95 Å². The molecule has 1 unspecified atom stereocenters. The summed E-state index contributed by atoms with van der Waals surface area (Å²) in [7, 11) is 0. The van der Waals surface area contributed by atoms with Gasteiger partial charge < -0.3 is 39.6 Å². The maximum Gasteiger partial charge on any atom is 0.516 e. The zero-order chi connectivity index (χ0) is 24.8. The second-order valence-electron chi connectivity index (χ2n) is 7.73. The molecule has 0 saturated carbocycles. The number of hydrogen-bond acceptors (Lipinski definition) is 12. The number of nitrogens with two attached hydrogens (primary N) is 1. The van der Waals surface area contributed by atoms with E-state index in [0.29, 0.717) is 25.0 Å². The van der Waals surface area contributed by atoms with E-state index >= 15 is 0 Å². The Morgan fingerprint density at radius 2 is 1.77 bits per heavy atom. The standard InChI is InChI=1S/C18H22N8O2.C2H2O5/c19-18-20-7-13(8-21-18)15-23-16(25-2-5-27-6-3-25)14-17(24-15)26(11-22-14)9-12-1-4-28-10-12;3-1(4)7-2(5)6/h7-8,11-12H,1-6,9-10H2,(H2,19,20,21);(H,3,4)(H,5,6). The minimum absolute atomic E-state index is 0.226. The normalized spacial score (nSPS) is 17.6. The van der Waals surface area contributed by atoms with Crippen molar-refractivity contribution in [1.29, 1.82) is 0 Å². The molecule has 15 heteroatoms. The summed E-state index contributed by atoms with van der Waals surface area (Å²) in [6.45, 7) is 5.31. The molecule has 0 bridgehead atoms. The van der Waals surface area contributed by atoms with E-state index in [1.54, 1.807) is 12.4 Å². The Labute approximate surface area is 198 Å². The van der Waals surface area contributed by atoms with Crippen molar-refractivity contribution in [2.45, 2.75) is 13.0 Å². The van der Waals surface area contributed by atoms with Crippen LogP contribution in [0.25, 0.3) is 22.6 Å². The highest BCUT2D eigenvalue weighted by molar-refractivity contribution is 5.85. The second kappa shape index (κ2) is 10.9. The highest BCUT2D eigenvalue weighted by atomic mass is 16.7. The van der Waals surface area contributed by atoms with Gasteiger partial charge in [-0.2, -0.15) is 0 Å². The van der Waals surface area contributed by atoms with E-state index in [1.165, 1.54) is 0 Å². The predicted octanol–water partition coefficient (Wildman–Crippen LogP) is 1.10. The first-order valence-electron chi connectivity index (χ1n) is 10.8. The highest BCUT2D eigenvalue weighted by Crippen LogP contribution is 2.28. The predicted molar refractivity (Wildman–Crippen MR) is 120 cm³/mol. The topological polar surface area (TPSA) is 201 Å². The molecule has 3 aromatic rings. The molecule has 5 rings (SSSR count). The zero-order valence-corrected chi connectivity index (χ0v) is 18.6. The third kappa shape index (κ3) is 6.07.